The van der Waals surface area contributed by atoms with Gasteiger partial charge in [0.15, 0.2) is 0 Å². The zero-order valence-electron chi connectivity index (χ0n) is 9.86. The molecule has 0 aliphatic carbocycles. The molecule has 0 heterocycles. The van der Waals surface area contributed by atoms with Crippen LogP contribution >= 0.6 is 0 Å². The van der Waals surface area contributed by atoms with Crippen molar-refractivity contribution >= 4 is 22.7 Å². The Morgan fingerprint density at radius 1 is 1.38 bits per heavy atom. The van der Waals surface area contributed by atoms with Crippen LogP contribution in [0.4, 0.5) is 0 Å². The van der Waals surface area contributed by atoms with Crippen LogP contribution < -0.4 is 5.32 Å². The van der Waals surface area contributed by atoms with Crippen LogP contribution in [0.25, 0.3) is 0 Å². The number of rotatable bonds is 7. The zero-order chi connectivity index (χ0) is 12.7. The van der Waals surface area contributed by atoms with E-state index in [0.29, 0.717) is 0 Å². The second-order valence-corrected chi connectivity index (χ2v) is 5.67. The van der Waals surface area contributed by atoms with Crippen molar-refractivity contribution in [1.29, 1.82) is 0 Å². The lowest BCUT2D eigenvalue weighted by atomic mass is 10.3. The van der Waals surface area contributed by atoms with Gasteiger partial charge in [0.1, 0.15) is 5.75 Å². The lowest BCUT2D eigenvalue weighted by molar-refractivity contribution is -0.137. The molecular formula is C10H19NO4S. The van der Waals surface area contributed by atoms with Crippen molar-refractivity contribution in [3.63, 3.8) is 0 Å². The number of carboxylic acid groups (broad SMARTS) is 1. The van der Waals surface area contributed by atoms with Crippen LogP contribution in [0.5, 0.6) is 0 Å². The largest absolute Gasteiger partial charge is 0.481 e. The minimum atomic E-state index is -1.43. The molecule has 3 unspecified atom stereocenters. The van der Waals surface area contributed by atoms with Crippen LogP contribution in [0.3, 0.4) is 0 Å². The van der Waals surface area contributed by atoms with Gasteiger partial charge in [-0.3, -0.25) is 13.8 Å². The van der Waals surface area contributed by atoms with Crippen molar-refractivity contribution in [3.05, 3.63) is 0 Å². The normalized spacial score (nSPS) is 16.2. The summed E-state index contributed by atoms with van der Waals surface area (Å²) in [7, 11) is -1.43. The summed E-state index contributed by atoms with van der Waals surface area (Å²) in [6.07, 6.45) is 0.631. The Morgan fingerprint density at radius 3 is 2.38 bits per heavy atom. The molecule has 0 fully saturated rings. The average Bonchev–Trinajstić information content (AvgIpc) is 2.16. The topological polar surface area (TPSA) is 83.5 Å². The minimum Gasteiger partial charge on any atom is -0.481 e. The Morgan fingerprint density at radius 2 is 1.94 bits per heavy atom. The summed E-state index contributed by atoms with van der Waals surface area (Å²) in [5.74, 6) is -1.41. The van der Waals surface area contributed by atoms with Crippen LogP contribution in [0, 0.1) is 0 Å². The fourth-order valence-electron chi connectivity index (χ4n) is 1.03. The first-order valence-electron chi connectivity index (χ1n) is 5.25. The number of hydrogen-bond acceptors (Lipinski definition) is 3. The Labute approximate surface area is 98.1 Å². The Balaban J connectivity index is 4.04. The van der Waals surface area contributed by atoms with Crippen molar-refractivity contribution in [2.75, 3.05) is 5.75 Å². The van der Waals surface area contributed by atoms with Gasteiger partial charge in [-0.1, -0.05) is 13.8 Å². The fourth-order valence-corrected chi connectivity index (χ4v) is 1.98. The maximum atomic E-state index is 11.5. The standard InChI is InChI=1S/C10H19NO4S/c1-4-7(2)11-9(12)6-16(15)8(3)5-10(13)14/h7-8H,4-6H2,1-3H3,(H,11,12)(H,13,14). The lowest BCUT2D eigenvalue weighted by Gasteiger charge is -2.12. The van der Waals surface area contributed by atoms with Gasteiger partial charge in [0.25, 0.3) is 0 Å². The van der Waals surface area contributed by atoms with E-state index < -0.39 is 22.0 Å². The fraction of sp³-hybridized carbons (Fsp3) is 0.800. The molecule has 0 aromatic rings. The Bertz CT molecular complexity index is 280. The molecule has 0 aromatic heterocycles. The third-order valence-corrected chi connectivity index (χ3v) is 3.81. The van der Waals surface area contributed by atoms with E-state index in [-0.39, 0.29) is 24.1 Å². The highest BCUT2D eigenvalue weighted by Crippen LogP contribution is 2.02. The van der Waals surface area contributed by atoms with Crippen LogP contribution in [0.15, 0.2) is 0 Å². The molecule has 0 aromatic carbocycles. The smallest absolute Gasteiger partial charge is 0.304 e. The maximum absolute atomic E-state index is 11.5. The van der Waals surface area contributed by atoms with Gasteiger partial charge in [0, 0.05) is 22.1 Å². The molecule has 3 atom stereocenters. The Hall–Kier alpha value is -0.910. The highest BCUT2D eigenvalue weighted by molar-refractivity contribution is 7.86. The predicted octanol–water partition coefficient (Wildman–Crippen LogP) is 0.513. The molecule has 1 amide bonds. The van der Waals surface area contributed by atoms with Gasteiger partial charge in [0.2, 0.25) is 5.91 Å². The molecule has 0 aliphatic rings. The number of carbonyl (C=O) groups is 2. The zero-order valence-corrected chi connectivity index (χ0v) is 10.7. The monoisotopic (exact) mass is 249 g/mol. The quantitative estimate of drug-likeness (QED) is 0.688. The van der Waals surface area contributed by atoms with E-state index in [1.807, 2.05) is 13.8 Å². The van der Waals surface area contributed by atoms with Crippen molar-refractivity contribution in [1.82, 2.24) is 5.32 Å². The first kappa shape index (κ1) is 15.1. The molecule has 94 valence electrons. The molecule has 2 N–H and O–H groups in total. The lowest BCUT2D eigenvalue weighted by Crippen LogP contribution is -2.36. The van der Waals surface area contributed by atoms with Gasteiger partial charge in [-0.25, -0.2) is 0 Å². The first-order valence-corrected chi connectivity index (χ1v) is 6.63. The van der Waals surface area contributed by atoms with Gasteiger partial charge >= 0.3 is 5.97 Å². The summed E-state index contributed by atoms with van der Waals surface area (Å²) >= 11 is 0. The molecule has 0 radical (unpaired) electrons. The number of carbonyl (C=O) groups excluding carboxylic acids is 1. The third-order valence-electron chi connectivity index (χ3n) is 2.20. The van der Waals surface area contributed by atoms with Gasteiger partial charge < -0.3 is 10.4 Å². The van der Waals surface area contributed by atoms with Crippen molar-refractivity contribution in [2.45, 2.75) is 44.9 Å². The van der Waals surface area contributed by atoms with Crippen LogP contribution in [-0.2, 0) is 20.4 Å². The predicted molar refractivity (Wildman–Crippen MR) is 62.6 cm³/mol. The van der Waals surface area contributed by atoms with Crippen LogP contribution in [0.2, 0.25) is 0 Å². The molecule has 0 spiro atoms. The van der Waals surface area contributed by atoms with Gasteiger partial charge in [-0.05, 0) is 13.3 Å². The van der Waals surface area contributed by atoms with Gasteiger partial charge in [-0.15, -0.1) is 0 Å². The highest BCUT2D eigenvalue weighted by atomic mass is 32.2. The van der Waals surface area contributed by atoms with Crippen molar-refractivity contribution < 1.29 is 18.9 Å². The van der Waals surface area contributed by atoms with E-state index in [1.54, 1.807) is 6.92 Å². The van der Waals surface area contributed by atoms with Gasteiger partial charge in [-0.2, -0.15) is 0 Å². The van der Waals surface area contributed by atoms with E-state index in [2.05, 4.69) is 5.32 Å². The first-order chi connectivity index (χ1) is 7.36. The number of aliphatic carboxylic acids is 1. The molecule has 0 rings (SSSR count). The van der Waals surface area contributed by atoms with E-state index in [4.69, 9.17) is 5.11 Å². The summed E-state index contributed by atoms with van der Waals surface area (Å²) in [6.45, 7) is 5.37. The van der Waals surface area contributed by atoms with E-state index in [9.17, 15) is 13.8 Å². The van der Waals surface area contributed by atoms with Crippen molar-refractivity contribution in [2.24, 2.45) is 0 Å². The summed E-state index contributed by atoms with van der Waals surface area (Å²) < 4.78 is 11.5. The molecule has 0 saturated heterocycles. The SMILES string of the molecule is CCC(C)NC(=O)CS(=O)C(C)CC(=O)O. The second-order valence-electron chi connectivity index (χ2n) is 3.81. The van der Waals surface area contributed by atoms with Crippen LogP contribution in [0.1, 0.15) is 33.6 Å². The summed E-state index contributed by atoms with van der Waals surface area (Å²) in [5.41, 5.74) is 0. The van der Waals surface area contributed by atoms with E-state index in [1.165, 1.54) is 0 Å². The molecule has 5 nitrogen and oxygen atoms in total. The van der Waals surface area contributed by atoms with Gasteiger partial charge in [0.05, 0.1) is 6.42 Å². The molecule has 6 heteroatoms. The van der Waals surface area contributed by atoms with Crippen LogP contribution in [-0.4, -0.2) is 38.2 Å². The van der Waals surface area contributed by atoms with E-state index in [0.717, 1.165) is 6.42 Å². The number of amides is 1. The summed E-state index contributed by atoms with van der Waals surface area (Å²) in [6, 6.07) is 0.0549. The minimum absolute atomic E-state index is 0.0549. The molecule has 0 bridgehead atoms. The number of carboxylic acids is 1. The summed E-state index contributed by atoms with van der Waals surface area (Å²) in [4.78, 5) is 21.8. The highest BCUT2D eigenvalue weighted by Gasteiger charge is 2.18. The maximum Gasteiger partial charge on any atom is 0.304 e. The molecule has 0 saturated carbocycles. The average molecular weight is 249 g/mol. The molecular weight excluding hydrogens is 230 g/mol. The Kier molecular flexibility index (Phi) is 6.96. The third kappa shape index (κ3) is 6.55. The number of nitrogens with one attached hydrogen (secondary N) is 1. The molecule has 16 heavy (non-hydrogen) atoms. The number of hydrogen-bond donors (Lipinski definition) is 2. The van der Waals surface area contributed by atoms with E-state index >= 15 is 0 Å². The molecule has 0 aliphatic heterocycles. The van der Waals surface area contributed by atoms with Crippen molar-refractivity contribution in [3.8, 4) is 0 Å². The second kappa shape index (κ2) is 7.38. The summed E-state index contributed by atoms with van der Waals surface area (Å²) in [5, 5.41) is 10.7.